The predicted molar refractivity (Wildman–Crippen MR) is 108 cm³/mol. The lowest BCUT2D eigenvalue weighted by Gasteiger charge is -2.28. The van der Waals surface area contributed by atoms with Crippen molar-refractivity contribution in [2.75, 3.05) is 6.54 Å². The number of halogens is 1. The Morgan fingerprint density at radius 3 is 2.63 bits per heavy atom. The van der Waals surface area contributed by atoms with Gasteiger partial charge in [0, 0.05) is 30.3 Å². The van der Waals surface area contributed by atoms with Crippen LogP contribution in [0.2, 0.25) is 0 Å². The maximum Gasteiger partial charge on any atom is 0.170 e. The van der Waals surface area contributed by atoms with Crippen LogP contribution in [0.4, 0.5) is 4.39 Å². The Bertz CT molecular complexity index is 923. The second-order valence-corrected chi connectivity index (χ2v) is 6.99. The normalized spacial score (nSPS) is 19.3. The van der Waals surface area contributed by atoms with Crippen LogP contribution in [0.3, 0.4) is 0 Å². The van der Waals surface area contributed by atoms with Crippen molar-refractivity contribution in [2.24, 2.45) is 0 Å². The summed E-state index contributed by atoms with van der Waals surface area (Å²) in [7, 11) is 0. The minimum atomic E-state index is -0.241. The first-order valence-electron chi connectivity index (χ1n) is 9.10. The first-order chi connectivity index (χ1) is 13.2. The number of aromatic nitrogens is 2. The lowest BCUT2D eigenvalue weighted by atomic mass is 10.0. The number of benzene rings is 1. The number of thiocarbonyl (C=S) groups is 1. The number of pyridine rings is 1. The molecule has 0 aliphatic carbocycles. The topological polar surface area (TPSA) is 33.1 Å². The molecule has 3 heterocycles. The van der Waals surface area contributed by atoms with E-state index in [4.69, 9.17) is 12.2 Å². The fourth-order valence-corrected chi connectivity index (χ4v) is 4.01. The van der Waals surface area contributed by atoms with Crippen LogP contribution in [0, 0.1) is 5.82 Å². The zero-order chi connectivity index (χ0) is 18.8. The van der Waals surface area contributed by atoms with Gasteiger partial charge in [0.05, 0.1) is 17.8 Å². The molecule has 3 aromatic rings. The molecule has 1 N–H and O–H groups in total. The van der Waals surface area contributed by atoms with Crippen molar-refractivity contribution >= 4 is 17.3 Å². The molecule has 2 atom stereocenters. The Kier molecular flexibility index (Phi) is 4.90. The molecule has 0 bridgehead atoms. The Hall–Kier alpha value is -2.73. The largest absolute Gasteiger partial charge is 0.352 e. The summed E-state index contributed by atoms with van der Waals surface area (Å²) in [6, 6.07) is 16.6. The van der Waals surface area contributed by atoms with E-state index in [-0.39, 0.29) is 17.9 Å². The van der Waals surface area contributed by atoms with E-state index in [0.717, 1.165) is 35.2 Å². The second-order valence-electron chi connectivity index (χ2n) is 6.60. The van der Waals surface area contributed by atoms with E-state index in [1.54, 1.807) is 18.3 Å². The van der Waals surface area contributed by atoms with Gasteiger partial charge in [0.15, 0.2) is 5.11 Å². The third-order valence-electron chi connectivity index (χ3n) is 4.85. The lowest BCUT2D eigenvalue weighted by molar-refractivity contribution is 0.309. The van der Waals surface area contributed by atoms with Crippen molar-refractivity contribution in [1.29, 1.82) is 0 Å². The summed E-state index contributed by atoms with van der Waals surface area (Å²) in [5.74, 6) is -0.241. The summed E-state index contributed by atoms with van der Waals surface area (Å²) in [5, 5.41) is 4.19. The Morgan fingerprint density at radius 2 is 1.93 bits per heavy atom. The van der Waals surface area contributed by atoms with Crippen molar-refractivity contribution in [1.82, 2.24) is 19.8 Å². The molecule has 2 aromatic heterocycles. The Balaban J connectivity index is 1.80. The predicted octanol–water partition coefficient (Wildman–Crippen LogP) is 4.39. The van der Waals surface area contributed by atoms with E-state index in [0.29, 0.717) is 0 Å². The average Bonchev–Trinajstić information content (AvgIpc) is 3.28. The van der Waals surface area contributed by atoms with Crippen LogP contribution < -0.4 is 5.32 Å². The van der Waals surface area contributed by atoms with E-state index in [1.807, 2.05) is 30.5 Å². The smallest absolute Gasteiger partial charge is 0.170 e. The van der Waals surface area contributed by atoms with Gasteiger partial charge in [-0.25, -0.2) is 4.39 Å². The monoisotopic (exact) mass is 380 g/mol. The Morgan fingerprint density at radius 1 is 1.11 bits per heavy atom. The number of nitrogens with zero attached hydrogens (tertiary/aromatic N) is 3. The minimum absolute atomic E-state index is 0.00685. The number of hydrogen-bond acceptors (Lipinski definition) is 2. The van der Waals surface area contributed by atoms with Gasteiger partial charge < -0.3 is 14.8 Å². The number of hydrogen-bond donors (Lipinski definition) is 1. The van der Waals surface area contributed by atoms with E-state index in [1.165, 1.54) is 12.1 Å². The average molecular weight is 380 g/mol. The highest BCUT2D eigenvalue weighted by atomic mass is 32.1. The molecule has 0 saturated carbocycles. The quantitative estimate of drug-likeness (QED) is 0.666. The van der Waals surface area contributed by atoms with Crippen LogP contribution >= 0.6 is 12.2 Å². The fraction of sp³-hybridized carbons (Fsp3) is 0.238. The fourth-order valence-electron chi connectivity index (χ4n) is 3.68. The maximum atomic E-state index is 13.4. The lowest BCUT2D eigenvalue weighted by Crippen LogP contribution is -2.31. The summed E-state index contributed by atoms with van der Waals surface area (Å²) < 4.78 is 15.5. The summed E-state index contributed by atoms with van der Waals surface area (Å²) in [6.07, 6.45) is 4.80. The molecular formula is C21H21FN4S. The van der Waals surface area contributed by atoms with Crippen LogP contribution in [-0.4, -0.2) is 26.1 Å². The maximum absolute atomic E-state index is 13.4. The summed E-state index contributed by atoms with van der Waals surface area (Å²) in [5.41, 5.74) is 2.97. The van der Waals surface area contributed by atoms with Gasteiger partial charge in [0.25, 0.3) is 0 Å². The highest BCUT2D eigenvalue weighted by molar-refractivity contribution is 7.80. The Labute approximate surface area is 163 Å². The molecule has 1 aliphatic heterocycles. The van der Waals surface area contributed by atoms with Crippen LogP contribution in [0.1, 0.15) is 36.8 Å². The molecule has 4 rings (SSSR count). The first kappa shape index (κ1) is 17.7. The van der Waals surface area contributed by atoms with E-state index in [9.17, 15) is 4.39 Å². The second kappa shape index (κ2) is 7.48. The van der Waals surface area contributed by atoms with E-state index >= 15 is 0 Å². The molecule has 4 nitrogen and oxygen atoms in total. The van der Waals surface area contributed by atoms with Crippen LogP contribution in [0.15, 0.2) is 67.0 Å². The SMILES string of the molecule is CCCN1C(=S)N[C@H](c2ccccn2)[C@H]1c1cccn1-c1ccc(F)cc1. The van der Waals surface area contributed by atoms with Gasteiger partial charge in [-0.05, 0) is 67.2 Å². The number of nitrogens with one attached hydrogen (secondary N) is 1. The molecule has 6 heteroatoms. The third-order valence-corrected chi connectivity index (χ3v) is 5.20. The van der Waals surface area contributed by atoms with Crippen molar-refractivity contribution in [3.05, 3.63) is 84.2 Å². The molecule has 1 fully saturated rings. The zero-order valence-corrected chi connectivity index (χ0v) is 15.9. The zero-order valence-electron chi connectivity index (χ0n) is 15.0. The van der Waals surface area contributed by atoms with Gasteiger partial charge in [0.1, 0.15) is 5.82 Å². The van der Waals surface area contributed by atoms with Crippen LogP contribution in [0.25, 0.3) is 5.69 Å². The molecule has 0 unspecified atom stereocenters. The molecule has 0 amide bonds. The van der Waals surface area contributed by atoms with Crippen LogP contribution in [0.5, 0.6) is 0 Å². The molecule has 27 heavy (non-hydrogen) atoms. The van der Waals surface area contributed by atoms with Gasteiger partial charge >= 0.3 is 0 Å². The molecule has 0 radical (unpaired) electrons. The highest BCUT2D eigenvalue weighted by Gasteiger charge is 2.40. The summed E-state index contributed by atoms with van der Waals surface area (Å²) in [6.45, 7) is 3.00. The van der Waals surface area contributed by atoms with Gasteiger partial charge in [-0.1, -0.05) is 13.0 Å². The van der Waals surface area contributed by atoms with Crippen molar-refractivity contribution in [3.8, 4) is 5.69 Å². The molecule has 138 valence electrons. The van der Waals surface area contributed by atoms with E-state index < -0.39 is 0 Å². The number of rotatable bonds is 5. The van der Waals surface area contributed by atoms with Gasteiger partial charge in [-0.3, -0.25) is 4.98 Å². The highest BCUT2D eigenvalue weighted by Crippen LogP contribution is 2.39. The molecule has 1 aliphatic rings. The van der Waals surface area contributed by atoms with Crippen molar-refractivity contribution in [2.45, 2.75) is 25.4 Å². The third kappa shape index (κ3) is 3.32. The molecule has 1 aromatic carbocycles. The summed E-state index contributed by atoms with van der Waals surface area (Å²) in [4.78, 5) is 6.78. The minimum Gasteiger partial charge on any atom is -0.352 e. The van der Waals surface area contributed by atoms with Crippen LogP contribution in [-0.2, 0) is 0 Å². The van der Waals surface area contributed by atoms with Crippen molar-refractivity contribution in [3.63, 3.8) is 0 Å². The molecule has 1 saturated heterocycles. The summed E-state index contributed by atoms with van der Waals surface area (Å²) >= 11 is 5.64. The van der Waals surface area contributed by atoms with Gasteiger partial charge in [0.2, 0.25) is 0 Å². The molecular weight excluding hydrogens is 359 g/mol. The van der Waals surface area contributed by atoms with Crippen molar-refractivity contribution < 1.29 is 4.39 Å². The first-order valence-corrected chi connectivity index (χ1v) is 9.51. The molecule has 0 spiro atoms. The van der Waals surface area contributed by atoms with E-state index in [2.05, 4.69) is 32.8 Å². The standard InChI is InChI=1S/C21H21FN4S/c1-2-13-26-20(19(24-21(26)27)17-6-3-4-12-23-17)18-7-5-14-25(18)16-10-8-15(22)9-11-16/h3-12,14,19-20H,2,13H2,1H3,(H,24,27)/t19-,20-/m1/s1. The van der Waals surface area contributed by atoms with Gasteiger partial charge in [-0.15, -0.1) is 0 Å². The van der Waals surface area contributed by atoms with Gasteiger partial charge in [-0.2, -0.15) is 0 Å².